The highest BCUT2D eigenvalue weighted by Gasteiger charge is 2.23. The van der Waals surface area contributed by atoms with E-state index in [1.165, 1.54) is 11.1 Å². The van der Waals surface area contributed by atoms with E-state index in [4.69, 9.17) is 18.2 Å². The van der Waals surface area contributed by atoms with Crippen LogP contribution in [0.3, 0.4) is 0 Å². The zero-order chi connectivity index (χ0) is 32.1. The minimum atomic E-state index is -0.0716. The third-order valence-electron chi connectivity index (χ3n) is 9.84. The third-order valence-corrected chi connectivity index (χ3v) is 10.9. The number of benzene rings is 7. The molecule has 11 rings (SSSR count). The summed E-state index contributed by atoms with van der Waals surface area (Å²) < 4.78 is 20.2. The molecule has 4 nitrogen and oxygen atoms in total. The van der Waals surface area contributed by atoms with Crippen LogP contribution in [0.4, 0.5) is 0 Å². The van der Waals surface area contributed by atoms with Gasteiger partial charge < -0.3 is 13.3 Å². The van der Waals surface area contributed by atoms with E-state index in [1.807, 2.05) is 30.3 Å². The van der Waals surface area contributed by atoms with E-state index in [-0.39, 0.29) is 5.92 Å². The first kappa shape index (κ1) is 26.9. The van der Waals surface area contributed by atoms with Gasteiger partial charge in [0.2, 0.25) is 0 Å². The monoisotopic (exact) mass is 647 g/mol. The Balaban J connectivity index is 1.13. The molecule has 11 aromatic rings. The second-order valence-corrected chi connectivity index (χ2v) is 13.7. The van der Waals surface area contributed by atoms with Crippen molar-refractivity contribution in [2.24, 2.45) is 0 Å². The minimum absolute atomic E-state index is 0.0716. The van der Waals surface area contributed by atoms with Gasteiger partial charge in [-0.2, -0.15) is 0 Å². The summed E-state index contributed by atoms with van der Waals surface area (Å²) in [7, 11) is 0. The molecule has 0 atom stereocenters. The van der Waals surface area contributed by atoms with Gasteiger partial charge in [0.1, 0.15) is 38.5 Å². The molecule has 4 heterocycles. The smallest absolute Gasteiger partial charge is 0.137 e. The molecule has 0 fully saturated rings. The van der Waals surface area contributed by atoms with Crippen molar-refractivity contribution in [3.8, 4) is 10.6 Å². The van der Waals surface area contributed by atoms with E-state index in [2.05, 4.69) is 115 Å². The number of furan rings is 3. The Kier molecular flexibility index (Phi) is 5.57. The molecule has 7 aromatic carbocycles. The van der Waals surface area contributed by atoms with Gasteiger partial charge in [0.15, 0.2) is 0 Å². The lowest BCUT2D eigenvalue weighted by molar-refractivity contribution is 0.667. The van der Waals surface area contributed by atoms with Crippen LogP contribution in [0.5, 0.6) is 0 Å². The van der Waals surface area contributed by atoms with Crippen LogP contribution in [0, 0.1) is 0 Å². The highest BCUT2D eigenvalue weighted by atomic mass is 32.1. The zero-order valence-electron chi connectivity index (χ0n) is 26.0. The Hall–Kier alpha value is -6.17. The van der Waals surface area contributed by atoms with E-state index in [9.17, 15) is 0 Å². The number of para-hydroxylation sites is 2. The lowest BCUT2D eigenvalue weighted by Gasteiger charge is -2.19. The summed E-state index contributed by atoms with van der Waals surface area (Å²) in [6, 6.07) is 50.9. The second kappa shape index (κ2) is 10.2. The number of thiazole rings is 1. The van der Waals surface area contributed by atoms with Crippen LogP contribution in [0.2, 0.25) is 0 Å². The van der Waals surface area contributed by atoms with Gasteiger partial charge in [-0.25, -0.2) is 4.98 Å². The number of hydrogen-bond donors (Lipinski definition) is 0. The summed E-state index contributed by atoms with van der Waals surface area (Å²) in [6.07, 6.45) is 0. The Morgan fingerprint density at radius 1 is 0.429 bits per heavy atom. The number of fused-ring (bicyclic) bond motifs is 11. The Labute approximate surface area is 283 Å². The number of rotatable bonds is 4. The fourth-order valence-electron chi connectivity index (χ4n) is 7.58. The normalized spacial score (nSPS) is 12.3. The van der Waals surface area contributed by atoms with Crippen molar-refractivity contribution < 1.29 is 13.3 Å². The van der Waals surface area contributed by atoms with Crippen molar-refractivity contribution in [2.75, 3.05) is 0 Å². The average molecular weight is 648 g/mol. The second-order valence-electron chi connectivity index (χ2n) is 12.7. The van der Waals surface area contributed by atoms with Crippen LogP contribution in [0.1, 0.15) is 22.6 Å². The molecule has 230 valence electrons. The van der Waals surface area contributed by atoms with Crippen molar-refractivity contribution in [1.29, 1.82) is 0 Å². The molecule has 0 spiro atoms. The van der Waals surface area contributed by atoms with Crippen LogP contribution in [0.25, 0.3) is 86.6 Å². The highest BCUT2D eigenvalue weighted by molar-refractivity contribution is 7.21. The Morgan fingerprint density at radius 3 is 1.67 bits per heavy atom. The van der Waals surface area contributed by atoms with Crippen LogP contribution >= 0.6 is 11.3 Å². The van der Waals surface area contributed by atoms with Crippen molar-refractivity contribution in [3.05, 3.63) is 162 Å². The predicted molar refractivity (Wildman–Crippen MR) is 201 cm³/mol. The summed E-state index contributed by atoms with van der Waals surface area (Å²) in [4.78, 5) is 5.12. The van der Waals surface area contributed by atoms with Gasteiger partial charge in [-0.15, -0.1) is 11.3 Å². The molecule has 0 aliphatic rings. The van der Waals surface area contributed by atoms with Gasteiger partial charge >= 0.3 is 0 Å². The molecular weight excluding hydrogens is 623 g/mol. The topological polar surface area (TPSA) is 52.3 Å². The van der Waals surface area contributed by atoms with E-state index in [0.29, 0.717) is 0 Å². The molecule has 0 amide bonds. The molecule has 49 heavy (non-hydrogen) atoms. The van der Waals surface area contributed by atoms with Crippen molar-refractivity contribution in [2.45, 2.75) is 5.92 Å². The Bertz CT molecular complexity index is 2960. The fraction of sp³-hybridized carbons (Fsp3) is 0.0227. The zero-order valence-corrected chi connectivity index (χ0v) is 26.8. The molecule has 4 aromatic heterocycles. The van der Waals surface area contributed by atoms with Crippen molar-refractivity contribution in [3.63, 3.8) is 0 Å². The SMILES string of the molecule is c1ccc(-c2nc3c(ccc4oc5cc(C(c6ccc7oc8ccccc8c7c6)c6ccc7oc8ccccc8c7c6)ccc5c43)s2)cc1. The maximum atomic E-state index is 6.60. The first-order valence-corrected chi connectivity index (χ1v) is 17.2. The summed E-state index contributed by atoms with van der Waals surface area (Å²) in [6.45, 7) is 0. The highest BCUT2D eigenvalue weighted by Crippen LogP contribution is 2.43. The maximum Gasteiger partial charge on any atom is 0.137 e. The summed E-state index contributed by atoms with van der Waals surface area (Å²) in [5.41, 5.74) is 10.9. The number of hydrogen-bond acceptors (Lipinski definition) is 5. The summed E-state index contributed by atoms with van der Waals surface area (Å²) in [5.74, 6) is -0.0716. The molecular formula is C44H25NO3S. The average Bonchev–Trinajstić information content (AvgIpc) is 3.92. The summed E-state index contributed by atoms with van der Waals surface area (Å²) in [5, 5.41) is 7.59. The molecule has 0 aliphatic carbocycles. The first-order chi connectivity index (χ1) is 24.2. The quantitative estimate of drug-likeness (QED) is 0.178. The van der Waals surface area contributed by atoms with E-state index in [0.717, 1.165) is 92.2 Å². The van der Waals surface area contributed by atoms with E-state index >= 15 is 0 Å². The van der Waals surface area contributed by atoms with Crippen LogP contribution < -0.4 is 0 Å². The molecule has 0 aliphatic heterocycles. The molecule has 0 unspecified atom stereocenters. The molecule has 0 N–H and O–H groups in total. The molecule has 5 heteroatoms. The van der Waals surface area contributed by atoms with Gasteiger partial charge in [-0.1, -0.05) is 91.0 Å². The van der Waals surface area contributed by atoms with Gasteiger partial charge in [0.05, 0.1) is 15.6 Å². The molecule has 0 radical (unpaired) electrons. The molecule has 0 saturated carbocycles. The Morgan fingerprint density at radius 2 is 0.980 bits per heavy atom. The predicted octanol–water partition coefficient (Wildman–Crippen LogP) is 12.8. The lowest BCUT2D eigenvalue weighted by Crippen LogP contribution is -2.03. The number of nitrogens with zero attached hydrogens (tertiary/aromatic N) is 1. The van der Waals surface area contributed by atoms with Gasteiger partial charge in [-0.3, -0.25) is 0 Å². The first-order valence-electron chi connectivity index (χ1n) is 16.4. The van der Waals surface area contributed by atoms with E-state index in [1.54, 1.807) is 11.3 Å². The maximum absolute atomic E-state index is 6.60. The van der Waals surface area contributed by atoms with Gasteiger partial charge in [0, 0.05) is 38.4 Å². The van der Waals surface area contributed by atoms with E-state index < -0.39 is 0 Å². The molecule has 0 bridgehead atoms. The fourth-order valence-corrected chi connectivity index (χ4v) is 8.56. The van der Waals surface area contributed by atoms with Crippen molar-refractivity contribution in [1.82, 2.24) is 4.98 Å². The lowest BCUT2D eigenvalue weighted by atomic mass is 9.83. The van der Waals surface area contributed by atoms with Crippen LogP contribution in [-0.2, 0) is 0 Å². The standard InChI is InChI=1S/C44H25NO3S/c1-2-8-25(9-3-1)44-45-43-40(49-44)21-20-38-42(43)31-17-14-28(24-39(31)48-38)41(26-15-18-36-32(22-26)29-10-4-6-12-34(29)46-36)27-16-19-37-33(23-27)30-11-5-7-13-35(30)47-37/h1-24,41H. The number of aromatic nitrogens is 1. The largest absolute Gasteiger partial charge is 0.456 e. The van der Waals surface area contributed by atoms with Crippen LogP contribution in [0.15, 0.2) is 159 Å². The summed E-state index contributed by atoms with van der Waals surface area (Å²) >= 11 is 1.72. The van der Waals surface area contributed by atoms with Crippen LogP contribution in [-0.4, -0.2) is 4.98 Å². The van der Waals surface area contributed by atoms with Crippen molar-refractivity contribution >= 4 is 87.4 Å². The van der Waals surface area contributed by atoms with Gasteiger partial charge in [0.25, 0.3) is 0 Å². The molecule has 0 saturated heterocycles. The van der Waals surface area contributed by atoms with Gasteiger partial charge in [-0.05, 0) is 71.3 Å². The minimum Gasteiger partial charge on any atom is -0.456 e. The third kappa shape index (κ3) is 4.06.